The number of rotatable bonds is 3. The van der Waals surface area contributed by atoms with Crippen molar-refractivity contribution < 1.29 is 0 Å². The first kappa shape index (κ1) is 7.79. The van der Waals surface area contributed by atoms with Crippen molar-refractivity contribution in [2.45, 2.75) is 24.6 Å². The monoisotopic (exact) mass is 202 g/mol. The summed E-state index contributed by atoms with van der Waals surface area (Å²) in [7, 11) is 0. The van der Waals surface area contributed by atoms with Crippen molar-refractivity contribution in [1.29, 1.82) is 0 Å². The third-order valence-corrected chi connectivity index (χ3v) is 2.38. The van der Waals surface area contributed by atoms with E-state index in [9.17, 15) is 0 Å². The van der Waals surface area contributed by atoms with E-state index in [2.05, 4.69) is 32.8 Å². The van der Waals surface area contributed by atoms with Gasteiger partial charge in [0.2, 0.25) is 0 Å². The number of hydrogen-bond acceptors (Lipinski definition) is 1. The molecule has 0 fully saturated rings. The Bertz CT molecular complexity index is 172. The lowest BCUT2D eigenvalue weighted by Crippen LogP contribution is -2.01. The van der Waals surface area contributed by atoms with Crippen molar-refractivity contribution in [1.82, 2.24) is 9.97 Å². The summed E-state index contributed by atoms with van der Waals surface area (Å²) in [6.07, 6.45) is 5.76. The number of imidazole rings is 1. The Hall–Kier alpha value is -0.310. The summed E-state index contributed by atoms with van der Waals surface area (Å²) in [5.41, 5.74) is 0. The normalized spacial score (nSPS) is 13.4. The van der Waals surface area contributed by atoms with Crippen LogP contribution < -0.4 is 0 Å². The first-order valence-corrected chi connectivity index (χ1v) is 4.36. The zero-order chi connectivity index (χ0) is 7.40. The molecule has 1 heterocycles. The van der Waals surface area contributed by atoms with Crippen molar-refractivity contribution in [3.8, 4) is 0 Å². The lowest BCUT2D eigenvalue weighted by atomic mass is 10.2. The molecule has 1 unspecified atom stereocenters. The van der Waals surface area contributed by atoms with Gasteiger partial charge in [-0.25, -0.2) is 4.98 Å². The van der Waals surface area contributed by atoms with E-state index in [0.717, 1.165) is 18.7 Å². The maximum atomic E-state index is 4.12. The van der Waals surface area contributed by atoms with E-state index in [1.165, 1.54) is 0 Å². The minimum atomic E-state index is 0.554. The first-order valence-electron chi connectivity index (χ1n) is 3.45. The summed E-state index contributed by atoms with van der Waals surface area (Å²) in [5, 5.41) is 0. The molecule has 2 nitrogen and oxygen atoms in total. The quantitative estimate of drug-likeness (QED) is 0.749. The van der Waals surface area contributed by atoms with E-state index in [1.807, 2.05) is 6.20 Å². The van der Waals surface area contributed by atoms with Crippen LogP contribution in [0, 0.1) is 0 Å². The van der Waals surface area contributed by atoms with Crippen LogP contribution in [0.25, 0.3) is 0 Å². The van der Waals surface area contributed by atoms with Crippen LogP contribution in [0.4, 0.5) is 0 Å². The Balaban J connectivity index is 2.40. The van der Waals surface area contributed by atoms with E-state index in [4.69, 9.17) is 0 Å². The number of nitrogens with one attached hydrogen (secondary N) is 1. The van der Waals surface area contributed by atoms with Gasteiger partial charge in [-0.2, -0.15) is 0 Å². The molecule has 0 amide bonds. The molecule has 0 saturated heterocycles. The van der Waals surface area contributed by atoms with Gasteiger partial charge in [0.1, 0.15) is 5.82 Å². The predicted molar refractivity (Wildman–Crippen MR) is 45.3 cm³/mol. The highest BCUT2D eigenvalue weighted by Gasteiger charge is 2.02. The number of hydrogen-bond donors (Lipinski definition) is 1. The molecule has 3 heteroatoms. The maximum absolute atomic E-state index is 4.12. The average Bonchev–Trinajstić information content (AvgIpc) is 2.40. The number of alkyl halides is 1. The second-order valence-electron chi connectivity index (χ2n) is 2.25. The van der Waals surface area contributed by atoms with Gasteiger partial charge in [0.25, 0.3) is 0 Å². The van der Waals surface area contributed by atoms with Crippen molar-refractivity contribution in [2.24, 2.45) is 0 Å². The topological polar surface area (TPSA) is 28.7 Å². The Labute approximate surface area is 69.2 Å². The van der Waals surface area contributed by atoms with Gasteiger partial charge < -0.3 is 4.98 Å². The van der Waals surface area contributed by atoms with Crippen molar-refractivity contribution >= 4 is 15.9 Å². The molecule has 1 N–H and O–H groups in total. The second-order valence-corrected chi connectivity index (χ2v) is 3.54. The van der Waals surface area contributed by atoms with E-state index in [1.54, 1.807) is 6.20 Å². The highest BCUT2D eigenvalue weighted by Crippen LogP contribution is 2.08. The lowest BCUT2D eigenvalue weighted by Gasteiger charge is -2.01. The van der Waals surface area contributed by atoms with Gasteiger partial charge in [0.15, 0.2) is 0 Å². The number of H-pyrrole nitrogens is 1. The first-order chi connectivity index (χ1) is 4.83. The molecular formula is C7H11BrN2. The summed E-state index contributed by atoms with van der Waals surface area (Å²) in [6, 6.07) is 0. The molecule has 0 aliphatic carbocycles. The van der Waals surface area contributed by atoms with Crippen LogP contribution in [0.5, 0.6) is 0 Å². The molecule has 1 aromatic rings. The Morgan fingerprint density at radius 1 is 1.80 bits per heavy atom. The fraction of sp³-hybridized carbons (Fsp3) is 0.571. The summed E-state index contributed by atoms with van der Waals surface area (Å²) in [6.45, 7) is 2.16. The van der Waals surface area contributed by atoms with Crippen LogP contribution in [0.3, 0.4) is 0 Å². The maximum Gasteiger partial charge on any atom is 0.107 e. The number of aromatic amines is 1. The molecule has 0 bridgehead atoms. The average molecular weight is 203 g/mol. The molecule has 0 aromatic carbocycles. The van der Waals surface area contributed by atoms with Crippen LogP contribution in [0.15, 0.2) is 12.4 Å². The second kappa shape index (κ2) is 3.76. The third kappa shape index (κ3) is 2.14. The van der Waals surface area contributed by atoms with Gasteiger partial charge in [-0.1, -0.05) is 22.9 Å². The molecule has 1 aromatic heterocycles. The fourth-order valence-electron chi connectivity index (χ4n) is 0.764. The van der Waals surface area contributed by atoms with Gasteiger partial charge in [0, 0.05) is 23.6 Å². The van der Waals surface area contributed by atoms with Crippen LogP contribution in [-0.2, 0) is 6.42 Å². The highest BCUT2D eigenvalue weighted by atomic mass is 79.9. The Morgan fingerprint density at radius 3 is 3.10 bits per heavy atom. The van der Waals surface area contributed by atoms with Crippen molar-refractivity contribution in [2.75, 3.05) is 0 Å². The van der Waals surface area contributed by atoms with Gasteiger partial charge in [-0.05, 0) is 6.42 Å². The zero-order valence-corrected chi connectivity index (χ0v) is 7.56. The van der Waals surface area contributed by atoms with Crippen LogP contribution in [-0.4, -0.2) is 14.8 Å². The number of nitrogens with zero attached hydrogens (tertiary/aromatic N) is 1. The lowest BCUT2D eigenvalue weighted by molar-refractivity contribution is 0.793. The van der Waals surface area contributed by atoms with E-state index in [0.29, 0.717) is 4.83 Å². The molecule has 0 aliphatic rings. The van der Waals surface area contributed by atoms with Gasteiger partial charge in [-0.3, -0.25) is 0 Å². The molecule has 1 atom stereocenters. The summed E-state index contributed by atoms with van der Waals surface area (Å²) in [4.78, 5) is 7.73. The van der Waals surface area contributed by atoms with Crippen molar-refractivity contribution in [3.63, 3.8) is 0 Å². The SMILES string of the molecule is CCC(Br)Cc1ncc[nH]1. The summed E-state index contributed by atoms with van der Waals surface area (Å²) >= 11 is 3.54. The molecule has 56 valence electrons. The van der Waals surface area contributed by atoms with Crippen LogP contribution in [0.2, 0.25) is 0 Å². The molecule has 0 spiro atoms. The largest absolute Gasteiger partial charge is 0.349 e. The minimum Gasteiger partial charge on any atom is -0.349 e. The predicted octanol–water partition coefficient (Wildman–Crippen LogP) is 2.13. The Morgan fingerprint density at radius 2 is 2.60 bits per heavy atom. The van der Waals surface area contributed by atoms with Gasteiger partial charge in [0.05, 0.1) is 0 Å². The minimum absolute atomic E-state index is 0.554. The third-order valence-electron chi connectivity index (χ3n) is 1.41. The van der Waals surface area contributed by atoms with Crippen LogP contribution >= 0.6 is 15.9 Å². The molecule has 10 heavy (non-hydrogen) atoms. The molecule has 0 aliphatic heterocycles. The summed E-state index contributed by atoms with van der Waals surface area (Å²) in [5.74, 6) is 1.06. The van der Waals surface area contributed by atoms with Crippen molar-refractivity contribution in [3.05, 3.63) is 18.2 Å². The molecule has 1 rings (SSSR count). The molecule has 0 saturated carbocycles. The van der Waals surface area contributed by atoms with Gasteiger partial charge >= 0.3 is 0 Å². The van der Waals surface area contributed by atoms with E-state index >= 15 is 0 Å². The highest BCUT2D eigenvalue weighted by molar-refractivity contribution is 9.09. The van der Waals surface area contributed by atoms with E-state index in [-0.39, 0.29) is 0 Å². The van der Waals surface area contributed by atoms with E-state index < -0.39 is 0 Å². The van der Waals surface area contributed by atoms with Crippen LogP contribution in [0.1, 0.15) is 19.2 Å². The molecular weight excluding hydrogens is 192 g/mol. The number of halogens is 1. The fourth-order valence-corrected chi connectivity index (χ4v) is 1.07. The Kier molecular flexibility index (Phi) is 2.93. The number of aromatic nitrogens is 2. The standard InChI is InChI=1S/C7H11BrN2/c1-2-6(8)5-7-9-3-4-10-7/h3-4,6H,2,5H2,1H3,(H,9,10). The zero-order valence-electron chi connectivity index (χ0n) is 5.97. The van der Waals surface area contributed by atoms with Gasteiger partial charge in [-0.15, -0.1) is 0 Å². The molecule has 0 radical (unpaired) electrons. The summed E-state index contributed by atoms with van der Waals surface area (Å²) < 4.78 is 0. The smallest absolute Gasteiger partial charge is 0.107 e.